The molecule has 2 heterocycles. The summed E-state index contributed by atoms with van der Waals surface area (Å²) in [6.45, 7) is 7.32. The summed E-state index contributed by atoms with van der Waals surface area (Å²) >= 11 is 2.07. The Bertz CT molecular complexity index is 571. The summed E-state index contributed by atoms with van der Waals surface area (Å²) < 4.78 is 23.4. The second-order valence-electron chi connectivity index (χ2n) is 8.16. The highest BCUT2D eigenvalue weighted by Crippen LogP contribution is 2.26. The van der Waals surface area contributed by atoms with E-state index >= 15 is 0 Å². The van der Waals surface area contributed by atoms with Crippen LogP contribution < -0.4 is 5.32 Å². The number of hydrogen-bond acceptors (Lipinski definition) is 4. The highest BCUT2D eigenvalue weighted by molar-refractivity contribution is 8.00. The van der Waals surface area contributed by atoms with E-state index in [-0.39, 0.29) is 5.92 Å². The molecule has 1 aliphatic carbocycles. The summed E-state index contributed by atoms with van der Waals surface area (Å²) in [5.74, 6) is 3.70. The van der Waals surface area contributed by atoms with Crippen molar-refractivity contribution in [2.75, 3.05) is 36.9 Å². The number of sulfone groups is 1. The Balaban J connectivity index is 1.66. The summed E-state index contributed by atoms with van der Waals surface area (Å²) in [5, 5.41) is 4.36. The van der Waals surface area contributed by atoms with E-state index in [2.05, 4.69) is 35.8 Å². The molecule has 0 spiro atoms. The molecule has 5 nitrogen and oxygen atoms in total. The van der Waals surface area contributed by atoms with Gasteiger partial charge in [-0.15, -0.1) is 0 Å². The van der Waals surface area contributed by atoms with Gasteiger partial charge in [0.15, 0.2) is 15.8 Å². The highest BCUT2D eigenvalue weighted by atomic mass is 32.2. The van der Waals surface area contributed by atoms with Crippen LogP contribution in [0.5, 0.6) is 0 Å². The van der Waals surface area contributed by atoms with E-state index in [0.717, 1.165) is 31.2 Å². The van der Waals surface area contributed by atoms with Crippen LogP contribution in [0, 0.1) is 11.8 Å². The number of hydrogen-bond donors (Lipinski definition) is 1. The third kappa shape index (κ3) is 5.52. The van der Waals surface area contributed by atoms with Crippen LogP contribution in [0.15, 0.2) is 4.99 Å². The maximum Gasteiger partial charge on any atom is 0.194 e. The van der Waals surface area contributed by atoms with Crippen molar-refractivity contribution >= 4 is 27.6 Å². The maximum atomic E-state index is 11.7. The van der Waals surface area contributed by atoms with Crippen LogP contribution in [0.1, 0.15) is 46.0 Å². The molecule has 0 aromatic heterocycles. The summed E-state index contributed by atoms with van der Waals surface area (Å²) in [6.07, 6.45) is 5.83. The van der Waals surface area contributed by atoms with Gasteiger partial charge in [-0.3, -0.25) is 4.99 Å². The lowest BCUT2D eigenvalue weighted by molar-refractivity contribution is 0.372. The smallest absolute Gasteiger partial charge is 0.194 e. The molecule has 2 aliphatic heterocycles. The monoisotopic (exact) mass is 387 g/mol. The van der Waals surface area contributed by atoms with E-state index in [4.69, 9.17) is 4.99 Å². The van der Waals surface area contributed by atoms with Gasteiger partial charge in [-0.25, -0.2) is 8.42 Å². The van der Waals surface area contributed by atoms with E-state index in [0.29, 0.717) is 35.3 Å². The average molecular weight is 388 g/mol. The van der Waals surface area contributed by atoms with Gasteiger partial charge in [-0.1, -0.05) is 26.7 Å². The van der Waals surface area contributed by atoms with Crippen molar-refractivity contribution in [2.24, 2.45) is 16.8 Å². The number of nitrogens with one attached hydrogen (secondary N) is 1. The molecular weight excluding hydrogens is 354 g/mol. The first kappa shape index (κ1) is 19.3. The van der Waals surface area contributed by atoms with Gasteiger partial charge in [0.25, 0.3) is 0 Å². The van der Waals surface area contributed by atoms with Gasteiger partial charge in [0.1, 0.15) is 0 Å². The van der Waals surface area contributed by atoms with Crippen LogP contribution in [0.4, 0.5) is 0 Å². The lowest BCUT2D eigenvalue weighted by atomic mass is 10.1. The topological polar surface area (TPSA) is 61.8 Å². The molecular formula is C18H33N3O2S2. The van der Waals surface area contributed by atoms with Crippen LogP contribution >= 0.6 is 11.8 Å². The second kappa shape index (κ2) is 8.51. The minimum atomic E-state index is -2.82. The number of thioether (sulfide) groups is 1. The summed E-state index contributed by atoms with van der Waals surface area (Å²) in [4.78, 5) is 7.33. The fourth-order valence-electron chi connectivity index (χ4n) is 3.99. The Morgan fingerprint density at radius 3 is 2.68 bits per heavy atom. The van der Waals surface area contributed by atoms with E-state index in [9.17, 15) is 8.42 Å². The van der Waals surface area contributed by atoms with E-state index in [1.165, 1.54) is 25.7 Å². The molecule has 1 N–H and O–H groups in total. The lowest BCUT2D eigenvalue weighted by Crippen LogP contribution is -2.51. The van der Waals surface area contributed by atoms with Crippen LogP contribution in [0.2, 0.25) is 0 Å². The quantitative estimate of drug-likeness (QED) is 0.593. The molecule has 0 amide bonds. The largest absolute Gasteiger partial charge is 0.354 e. The van der Waals surface area contributed by atoms with Crippen molar-refractivity contribution < 1.29 is 8.42 Å². The fourth-order valence-corrected chi connectivity index (χ4v) is 7.14. The number of nitrogens with zero attached hydrogens (tertiary/aromatic N) is 2. The van der Waals surface area contributed by atoms with Gasteiger partial charge in [0, 0.05) is 36.7 Å². The van der Waals surface area contributed by atoms with Gasteiger partial charge >= 0.3 is 0 Å². The first-order valence-corrected chi connectivity index (χ1v) is 12.7. The van der Waals surface area contributed by atoms with Crippen molar-refractivity contribution in [1.29, 1.82) is 0 Å². The zero-order valence-corrected chi connectivity index (χ0v) is 17.2. The molecule has 2 unspecified atom stereocenters. The van der Waals surface area contributed by atoms with Crippen LogP contribution in [0.3, 0.4) is 0 Å². The average Bonchev–Trinajstić information content (AvgIpc) is 3.20. The molecule has 7 heteroatoms. The van der Waals surface area contributed by atoms with Crippen LogP contribution in [-0.2, 0) is 9.84 Å². The van der Waals surface area contributed by atoms with Crippen LogP contribution in [-0.4, -0.2) is 67.5 Å². The van der Waals surface area contributed by atoms with Gasteiger partial charge in [-0.2, -0.15) is 11.8 Å². The molecule has 0 bridgehead atoms. The molecule has 1 saturated carbocycles. The first-order chi connectivity index (χ1) is 11.9. The first-order valence-electron chi connectivity index (χ1n) is 9.81. The Morgan fingerprint density at radius 2 is 2.04 bits per heavy atom. The standard InChI is InChI=1S/C18H33N3O2S2/c1-14(2)17-12-21(8-9-24-17)18(20-16-5-3-4-6-16)19-11-15-7-10-25(22,23)13-15/h14-17H,3-13H2,1-2H3,(H,19,20). The summed E-state index contributed by atoms with van der Waals surface area (Å²) in [5.41, 5.74) is 0. The summed E-state index contributed by atoms with van der Waals surface area (Å²) in [7, 11) is -2.82. The lowest BCUT2D eigenvalue weighted by Gasteiger charge is -2.37. The van der Waals surface area contributed by atoms with Gasteiger partial charge < -0.3 is 10.2 Å². The van der Waals surface area contributed by atoms with Crippen molar-refractivity contribution in [3.05, 3.63) is 0 Å². The molecule has 3 aliphatic rings. The molecule has 0 radical (unpaired) electrons. The van der Waals surface area contributed by atoms with E-state index < -0.39 is 9.84 Å². The Hall–Kier alpha value is -0.430. The molecule has 25 heavy (non-hydrogen) atoms. The van der Waals surface area contributed by atoms with Crippen molar-refractivity contribution in [3.63, 3.8) is 0 Å². The van der Waals surface area contributed by atoms with Gasteiger partial charge in [0.05, 0.1) is 11.5 Å². The van der Waals surface area contributed by atoms with Crippen LogP contribution in [0.25, 0.3) is 0 Å². The highest BCUT2D eigenvalue weighted by Gasteiger charge is 2.30. The molecule has 3 fully saturated rings. The van der Waals surface area contributed by atoms with Crippen molar-refractivity contribution in [3.8, 4) is 0 Å². The number of rotatable bonds is 4. The molecule has 144 valence electrons. The number of guanidine groups is 1. The predicted molar refractivity (Wildman–Crippen MR) is 107 cm³/mol. The van der Waals surface area contributed by atoms with E-state index in [1.54, 1.807) is 0 Å². The fraction of sp³-hybridized carbons (Fsp3) is 0.944. The van der Waals surface area contributed by atoms with Gasteiger partial charge in [0.2, 0.25) is 0 Å². The minimum Gasteiger partial charge on any atom is -0.354 e. The molecule has 0 aromatic rings. The Kier molecular flexibility index (Phi) is 6.58. The Labute approximate surface area is 157 Å². The molecule has 0 aromatic carbocycles. The molecule has 2 atom stereocenters. The predicted octanol–water partition coefficient (Wildman–Crippen LogP) is 2.38. The number of aliphatic imine (C=N–C) groups is 1. The SMILES string of the molecule is CC(C)C1CN(C(=NCC2CCS(=O)(=O)C2)NC2CCCC2)CCS1. The van der Waals surface area contributed by atoms with Crippen molar-refractivity contribution in [2.45, 2.75) is 57.2 Å². The maximum absolute atomic E-state index is 11.7. The zero-order valence-electron chi connectivity index (χ0n) is 15.6. The van der Waals surface area contributed by atoms with Crippen molar-refractivity contribution in [1.82, 2.24) is 10.2 Å². The minimum absolute atomic E-state index is 0.199. The van der Waals surface area contributed by atoms with E-state index in [1.807, 2.05) is 0 Å². The third-order valence-electron chi connectivity index (χ3n) is 5.65. The second-order valence-corrected chi connectivity index (χ2v) is 11.7. The molecule has 2 saturated heterocycles. The zero-order chi connectivity index (χ0) is 17.9. The summed E-state index contributed by atoms with van der Waals surface area (Å²) in [6, 6.07) is 0.540. The third-order valence-corrected chi connectivity index (χ3v) is 9.03. The Morgan fingerprint density at radius 1 is 1.28 bits per heavy atom. The molecule has 3 rings (SSSR count). The normalized spacial score (nSPS) is 31.0. The van der Waals surface area contributed by atoms with Gasteiger partial charge in [-0.05, 0) is 31.1 Å².